The maximum Gasteiger partial charge on any atom is 0.417 e. The van der Waals surface area contributed by atoms with Crippen LogP contribution in [0.4, 0.5) is 19.0 Å². The Hall–Kier alpha value is -3.25. The number of nitrogens with zero attached hydrogens (tertiary/aromatic N) is 3. The average molecular weight is 580 g/mol. The molecule has 0 radical (unpaired) electrons. The molecule has 0 aromatic carbocycles. The van der Waals surface area contributed by atoms with Crippen molar-refractivity contribution < 1.29 is 32.6 Å². The number of carboxylic acid groups (broad SMARTS) is 1. The van der Waals surface area contributed by atoms with Crippen LogP contribution in [0.5, 0.6) is 0 Å². The number of carbonyl (C=O) groups is 2. The van der Waals surface area contributed by atoms with E-state index in [0.29, 0.717) is 32.3 Å². The molecule has 3 rings (SSSR count). The third-order valence-electron chi connectivity index (χ3n) is 6.76. The van der Waals surface area contributed by atoms with E-state index in [1.54, 1.807) is 0 Å². The van der Waals surface area contributed by atoms with Crippen molar-refractivity contribution in [2.45, 2.75) is 77.1 Å². The molecule has 3 heterocycles. The molecule has 0 saturated heterocycles. The summed E-state index contributed by atoms with van der Waals surface area (Å²) in [6.07, 6.45) is 1.61. The van der Waals surface area contributed by atoms with Crippen LogP contribution in [-0.4, -0.2) is 76.3 Å². The quantitative estimate of drug-likeness (QED) is 0.279. The van der Waals surface area contributed by atoms with E-state index < -0.39 is 35.2 Å². The SMILES string of the molecule is CC(C)(C)OCCN(CCCCc1ccc2c(n1)NCCC2)CC[C@H](NC(=O)c1cnccc1C(F)(F)F)C(=O)O. The van der Waals surface area contributed by atoms with Gasteiger partial charge in [0.1, 0.15) is 11.9 Å². The van der Waals surface area contributed by atoms with E-state index in [9.17, 15) is 27.9 Å². The van der Waals surface area contributed by atoms with Crippen LogP contribution in [0.3, 0.4) is 0 Å². The molecule has 226 valence electrons. The van der Waals surface area contributed by atoms with Crippen LogP contribution < -0.4 is 10.6 Å². The second-order valence-corrected chi connectivity index (χ2v) is 11.2. The first-order chi connectivity index (χ1) is 19.3. The highest BCUT2D eigenvalue weighted by atomic mass is 19.4. The number of carbonyl (C=O) groups excluding carboxylic acids is 1. The minimum atomic E-state index is -4.77. The monoisotopic (exact) mass is 579 g/mol. The Bertz CT molecular complexity index is 1170. The molecular formula is C29H40F3N5O4. The van der Waals surface area contributed by atoms with Gasteiger partial charge in [-0.1, -0.05) is 6.07 Å². The largest absolute Gasteiger partial charge is 0.480 e. The molecule has 0 unspecified atom stereocenters. The normalized spacial score (nSPS) is 14.3. The first-order valence-corrected chi connectivity index (χ1v) is 14.0. The molecule has 2 aromatic heterocycles. The topological polar surface area (TPSA) is 117 Å². The van der Waals surface area contributed by atoms with Gasteiger partial charge in [0.2, 0.25) is 0 Å². The van der Waals surface area contributed by atoms with Gasteiger partial charge in [-0.25, -0.2) is 9.78 Å². The average Bonchev–Trinajstić information content (AvgIpc) is 2.91. The number of aromatic nitrogens is 2. The zero-order valence-electron chi connectivity index (χ0n) is 23.9. The van der Waals surface area contributed by atoms with E-state index in [-0.39, 0.29) is 12.0 Å². The Balaban J connectivity index is 1.57. The van der Waals surface area contributed by atoms with Gasteiger partial charge in [0.15, 0.2) is 0 Å². The smallest absolute Gasteiger partial charge is 0.417 e. The van der Waals surface area contributed by atoms with Gasteiger partial charge in [-0.3, -0.25) is 9.78 Å². The summed E-state index contributed by atoms with van der Waals surface area (Å²) in [6.45, 7) is 8.71. The van der Waals surface area contributed by atoms with E-state index >= 15 is 0 Å². The molecular weight excluding hydrogens is 539 g/mol. The molecule has 0 spiro atoms. The number of halogens is 3. The Kier molecular flexibility index (Phi) is 11.5. The van der Waals surface area contributed by atoms with Gasteiger partial charge in [0.25, 0.3) is 5.91 Å². The lowest BCUT2D eigenvalue weighted by molar-refractivity contribution is -0.139. The van der Waals surface area contributed by atoms with Gasteiger partial charge in [0, 0.05) is 37.7 Å². The number of pyridine rings is 2. The second-order valence-electron chi connectivity index (χ2n) is 11.2. The fourth-order valence-corrected chi connectivity index (χ4v) is 4.59. The molecule has 0 fully saturated rings. The van der Waals surface area contributed by atoms with E-state index in [4.69, 9.17) is 9.72 Å². The molecule has 3 N–H and O–H groups in total. The number of aliphatic carboxylic acids is 1. The van der Waals surface area contributed by atoms with Crippen molar-refractivity contribution in [3.63, 3.8) is 0 Å². The molecule has 1 aliphatic rings. The zero-order valence-corrected chi connectivity index (χ0v) is 23.9. The zero-order chi connectivity index (χ0) is 30.0. The van der Waals surface area contributed by atoms with Gasteiger partial charge < -0.3 is 25.4 Å². The first kappa shape index (κ1) is 32.3. The summed E-state index contributed by atoms with van der Waals surface area (Å²) in [6, 6.07) is 3.51. The van der Waals surface area contributed by atoms with Crippen LogP contribution in [0.25, 0.3) is 0 Å². The number of hydrogen-bond donors (Lipinski definition) is 3. The fourth-order valence-electron chi connectivity index (χ4n) is 4.59. The van der Waals surface area contributed by atoms with Crippen LogP contribution in [0, 0.1) is 0 Å². The van der Waals surface area contributed by atoms with E-state index in [1.807, 2.05) is 20.8 Å². The molecule has 0 saturated carbocycles. The Morgan fingerprint density at radius 3 is 2.63 bits per heavy atom. The summed E-state index contributed by atoms with van der Waals surface area (Å²) < 4.78 is 45.9. The highest BCUT2D eigenvalue weighted by Crippen LogP contribution is 2.31. The summed E-state index contributed by atoms with van der Waals surface area (Å²) in [4.78, 5) is 34.9. The standard InChI is InChI=1S/C29H40F3N5O4/c1-28(2,3)41-18-17-37(15-5-4-8-21-10-9-20-7-6-13-34-25(20)35-21)16-12-24(27(39)40)36-26(38)22-19-33-14-11-23(22)29(30,31)32/h9-11,14,19,24H,4-8,12-13,15-18H2,1-3H3,(H,34,35)(H,36,38)(H,39,40)/t24-/m0/s1. The van der Waals surface area contributed by atoms with Crippen molar-refractivity contribution in [2.75, 3.05) is 38.1 Å². The summed E-state index contributed by atoms with van der Waals surface area (Å²) in [5.41, 5.74) is 0.0354. The van der Waals surface area contributed by atoms with Crippen LogP contribution in [-0.2, 0) is 28.5 Å². The third kappa shape index (κ3) is 10.6. The minimum Gasteiger partial charge on any atom is -0.480 e. The van der Waals surface area contributed by atoms with Crippen molar-refractivity contribution in [1.29, 1.82) is 0 Å². The van der Waals surface area contributed by atoms with Gasteiger partial charge in [0.05, 0.1) is 23.3 Å². The van der Waals surface area contributed by atoms with E-state index in [2.05, 4.69) is 32.7 Å². The molecule has 2 aromatic rings. The third-order valence-corrected chi connectivity index (χ3v) is 6.76. The molecule has 12 heteroatoms. The molecule has 1 atom stereocenters. The summed E-state index contributed by atoms with van der Waals surface area (Å²) in [5, 5.41) is 15.3. The summed E-state index contributed by atoms with van der Waals surface area (Å²) >= 11 is 0. The van der Waals surface area contributed by atoms with E-state index in [0.717, 1.165) is 62.6 Å². The van der Waals surface area contributed by atoms with Crippen LogP contribution in [0.15, 0.2) is 30.6 Å². The molecule has 0 aliphatic carbocycles. The number of hydrogen-bond acceptors (Lipinski definition) is 7. The van der Waals surface area contributed by atoms with Crippen LogP contribution >= 0.6 is 0 Å². The summed E-state index contributed by atoms with van der Waals surface area (Å²) in [5.74, 6) is -1.49. The van der Waals surface area contributed by atoms with Crippen molar-refractivity contribution in [1.82, 2.24) is 20.2 Å². The van der Waals surface area contributed by atoms with Gasteiger partial charge in [-0.2, -0.15) is 13.2 Å². The summed E-state index contributed by atoms with van der Waals surface area (Å²) in [7, 11) is 0. The number of anilines is 1. The van der Waals surface area contributed by atoms with Crippen molar-refractivity contribution in [2.24, 2.45) is 0 Å². The molecule has 1 aliphatic heterocycles. The van der Waals surface area contributed by atoms with Crippen LogP contribution in [0.1, 0.15) is 73.6 Å². The fraction of sp³-hybridized carbons (Fsp3) is 0.586. The van der Waals surface area contributed by atoms with Crippen LogP contribution in [0.2, 0.25) is 0 Å². The Labute approximate surface area is 238 Å². The van der Waals surface area contributed by atoms with Gasteiger partial charge in [-0.15, -0.1) is 0 Å². The van der Waals surface area contributed by atoms with Gasteiger partial charge in [-0.05, 0) is 83.5 Å². The van der Waals surface area contributed by atoms with Crippen molar-refractivity contribution in [3.05, 3.63) is 53.0 Å². The number of rotatable bonds is 14. The maximum atomic E-state index is 13.3. The number of fused-ring (bicyclic) bond motifs is 1. The molecule has 0 bridgehead atoms. The number of alkyl halides is 3. The lowest BCUT2D eigenvalue weighted by Gasteiger charge is -2.27. The number of unbranched alkanes of at least 4 members (excludes halogenated alkanes) is 1. The lowest BCUT2D eigenvalue weighted by Crippen LogP contribution is -2.44. The minimum absolute atomic E-state index is 0.0102. The predicted octanol–water partition coefficient (Wildman–Crippen LogP) is 4.57. The number of ether oxygens (including phenoxy) is 1. The Morgan fingerprint density at radius 1 is 1.15 bits per heavy atom. The van der Waals surface area contributed by atoms with Crippen molar-refractivity contribution in [3.8, 4) is 0 Å². The second kappa shape index (κ2) is 14.6. The number of amides is 1. The molecule has 41 heavy (non-hydrogen) atoms. The lowest BCUT2D eigenvalue weighted by atomic mass is 10.1. The Morgan fingerprint density at radius 2 is 1.93 bits per heavy atom. The predicted molar refractivity (Wildman–Crippen MR) is 149 cm³/mol. The first-order valence-electron chi connectivity index (χ1n) is 14.0. The number of aryl methyl sites for hydroxylation is 2. The maximum absolute atomic E-state index is 13.3. The highest BCUT2D eigenvalue weighted by Gasteiger charge is 2.36. The molecule has 9 nitrogen and oxygen atoms in total. The van der Waals surface area contributed by atoms with E-state index in [1.165, 1.54) is 5.56 Å². The number of nitrogens with one attached hydrogen (secondary N) is 2. The highest BCUT2D eigenvalue weighted by molar-refractivity contribution is 5.97. The molecule has 1 amide bonds. The van der Waals surface area contributed by atoms with Crippen molar-refractivity contribution >= 4 is 17.7 Å². The van der Waals surface area contributed by atoms with Gasteiger partial charge >= 0.3 is 12.1 Å². The number of carboxylic acids is 1.